The van der Waals surface area contributed by atoms with Crippen molar-refractivity contribution in [1.82, 2.24) is 0 Å². The molecule has 0 aromatic heterocycles. The van der Waals surface area contributed by atoms with Gasteiger partial charge in [-0.1, -0.05) is 86.2 Å². The Morgan fingerprint density at radius 2 is 1.72 bits per heavy atom. The lowest BCUT2D eigenvalue weighted by Gasteiger charge is -2.28. The Kier molecular flexibility index (Phi) is 4.99. The van der Waals surface area contributed by atoms with Crippen LogP contribution in [0, 0.1) is 18.3 Å². The third-order valence-corrected chi connectivity index (χ3v) is 5.70. The van der Waals surface area contributed by atoms with Crippen molar-refractivity contribution < 1.29 is 14.3 Å². The molecule has 0 fully saturated rings. The number of Topliss-reactive ketones (excluding diaryl/α,β-unsaturated/α-hetero) is 2. The summed E-state index contributed by atoms with van der Waals surface area (Å²) in [5, 5.41) is 0. The van der Waals surface area contributed by atoms with Gasteiger partial charge in [0.15, 0.2) is 11.9 Å². The smallest absolute Gasteiger partial charge is 0.204 e. The first-order valence-electron chi connectivity index (χ1n) is 10.1. The molecule has 1 heterocycles. The number of rotatable bonds is 4. The predicted molar refractivity (Wildman–Crippen MR) is 114 cm³/mol. The van der Waals surface area contributed by atoms with E-state index in [1.165, 1.54) is 0 Å². The van der Waals surface area contributed by atoms with Crippen LogP contribution in [0.2, 0.25) is 0 Å². The Labute approximate surface area is 172 Å². The van der Waals surface area contributed by atoms with Crippen molar-refractivity contribution in [2.45, 2.75) is 39.7 Å². The monoisotopic (exact) mass is 386 g/mol. The predicted octanol–water partition coefficient (Wildman–Crippen LogP) is 5.55. The summed E-state index contributed by atoms with van der Waals surface area (Å²) in [7, 11) is 0. The van der Waals surface area contributed by atoms with Crippen LogP contribution in [0.1, 0.15) is 48.2 Å². The van der Waals surface area contributed by atoms with Crippen molar-refractivity contribution in [1.29, 1.82) is 0 Å². The Hall–Kier alpha value is -2.94. The maximum absolute atomic E-state index is 13.3. The number of carbonyl (C=O) groups is 2. The Morgan fingerprint density at radius 1 is 1.03 bits per heavy atom. The fourth-order valence-electron chi connectivity index (χ4n) is 4.21. The first kappa shape index (κ1) is 19.4. The molecule has 0 unspecified atom stereocenters. The normalized spacial score (nSPS) is 23.2. The molecule has 0 bridgehead atoms. The molecule has 4 rings (SSSR count). The zero-order valence-electron chi connectivity index (χ0n) is 17.1. The molecule has 2 aromatic rings. The molecule has 2 atom stereocenters. The van der Waals surface area contributed by atoms with Crippen molar-refractivity contribution >= 4 is 17.6 Å². The SMILES string of the molecule is Cc1ccc(C(=O)[C@H]2OC3=C(C(=O)CC(C)(C)C3)[C@@H]2/C=C/c2ccccc2)cc1. The maximum Gasteiger partial charge on any atom is 0.204 e. The van der Waals surface area contributed by atoms with Crippen LogP contribution in [0.25, 0.3) is 6.08 Å². The van der Waals surface area contributed by atoms with Gasteiger partial charge < -0.3 is 4.74 Å². The summed E-state index contributed by atoms with van der Waals surface area (Å²) in [6, 6.07) is 17.4. The molecule has 1 aliphatic heterocycles. The zero-order valence-corrected chi connectivity index (χ0v) is 17.1. The molecule has 2 aliphatic rings. The second-order valence-electron chi connectivity index (χ2n) is 8.84. The van der Waals surface area contributed by atoms with E-state index in [-0.39, 0.29) is 22.9 Å². The van der Waals surface area contributed by atoms with Crippen molar-refractivity contribution in [3.8, 4) is 0 Å². The van der Waals surface area contributed by atoms with Gasteiger partial charge in [-0.2, -0.15) is 0 Å². The van der Waals surface area contributed by atoms with Gasteiger partial charge in [0.1, 0.15) is 5.76 Å². The van der Waals surface area contributed by atoms with Crippen molar-refractivity contribution in [3.63, 3.8) is 0 Å². The van der Waals surface area contributed by atoms with Crippen LogP contribution in [0.3, 0.4) is 0 Å². The first-order chi connectivity index (χ1) is 13.8. The lowest BCUT2D eigenvalue weighted by atomic mass is 9.73. The lowest BCUT2D eigenvalue weighted by Crippen LogP contribution is -2.29. The molecule has 0 amide bonds. The molecule has 0 spiro atoms. The Morgan fingerprint density at radius 3 is 2.41 bits per heavy atom. The standard InChI is InChI=1S/C26H26O3/c1-17-9-12-19(13-10-17)24(28)25-20(14-11-18-7-5-4-6-8-18)23-21(27)15-26(2,3)16-22(23)29-25/h4-14,20,25H,15-16H2,1-3H3/b14-11+/t20-,25-/m0/s1. The lowest BCUT2D eigenvalue weighted by molar-refractivity contribution is -0.118. The van der Waals surface area contributed by atoms with Gasteiger partial charge in [0.05, 0.1) is 5.92 Å². The van der Waals surface area contributed by atoms with Crippen LogP contribution >= 0.6 is 0 Å². The number of carbonyl (C=O) groups excluding carboxylic acids is 2. The van der Waals surface area contributed by atoms with E-state index in [0.717, 1.165) is 11.1 Å². The molecular formula is C26H26O3. The molecule has 1 aliphatic carbocycles. The summed E-state index contributed by atoms with van der Waals surface area (Å²) in [6.45, 7) is 6.14. The van der Waals surface area contributed by atoms with Gasteiger partial charge in [0.2, 0.25) is 5.78 Å². The third kappa shape index (κ3) is 3.95. The Balaban J connectivity index is 1.70. The molecule has 2 aromatic carbocycles. The highest BCUT2D eigenvalue weighted by atomic mass is 16.5. The van der Waals surface area contributed by atoms with Gasteiger partial charge in [-0.3, -0.25) is 9.59 Å². The van der Waals surface area contributed by atoms with E-state index in [1.807, 2.05) is 73.7 Å². The third-order valence-electron chi connectivity index (χ3n) is 5.70. The largest absolute Gasteiger partial charge is 0.485 e. The summed E-state index contributed by atoms with van der Waals surface area (Å²) in [5.41, 5.74) is 3.29. The molecule has 0 radical (unpaired) electrons. The molecule has 148 valence electrons. The van der Waals surface area contributed by atoms with Crippen LogP contribution in [-0.2, 0) is 9.53 Å². The van der Waals surface area contributed by atoms with E-state index in [1.54, 1.807) is 0 Å². The Bertz CT molecular complexity index is 994. The average Bonchev–Trinajstić information content (AvgIpc) is 3.04. The topological polar surface area (TPSA) is 43.4 Å². The molecule has 0 saturated heterocycles. The first-order valence-corrected chi connectivity index (χ1v) is 10.1. The van der Waals surface area contributed by atoms with Gasteiger partial charge in [-0.05, 0) is 17.9 Å². The van der Waals surface area contributed by atoms with Gasteiger partial charge in [0.25, 0.3) is 0 Å². The molecule has 3 nitrogen and oxygen atoms in total. The zero-order chi connectivity index (χ0) is 20.6. The van der Waals surface area contributed by atoms with E-state index >= 15 is 0 Å². The van der Waals surface area contributed by atoms with Crippen molar-refractivity contribution in [3.05, 3.63) is 88.7 Å². The second kappa shape index (κ2) is 7.47. The molecular weight excluding hydrogens is 360 g/mol. The number of hydrogen-bond donors (Lipinski definition) is 0. The summed E-state index contributed by atoms with van der Waals surface area (Å²) in [4.78, 5) is 26.3. The second-order valence-corrected chi connectivity index (χ2v) is 8.84. The number of benzene rings is 2. The minimum atomic E-state index is -0.694. The van der Waals surface area contributed by atoms with E-state index in [4.69, 9.17) is 4.74 Å². The number of aryl methyl sites for hydroxylation is 1. The fourth-order valence-corrected chi connectivity index (χ4v) is 4.21. The summed E-state index contributed by atoms with van der Waals surface area (Å²) in [5.74, 6) is 0.355. The van der Waals surface area contributed by atoms with Gasteiger partial charge in [0, 0.05) is 24.0 Å². The van der Waals surface area contributed by atoms with Crippen LogP contribution in [-0.4, -0.2) is 17.7 Å². The van der Waals surface area contributed by atoms with Crippen LogP contribution in [0.4, 0.5) is 0 Å². The van der Waals surface area contributed by atoms with Crippen LogP contribution < -0.4 is 0 Å². The van der Waals surface area contributed by atoms with Gasteiger partial charge >= 0.3 is 0 Å². The molecule has 0 saturated carbocycles. The molecule has 3 heteroatoms. The molecule has 0 N–H and O–H groups in total. The van der Waals surface area contributed by atoms with Crippen LogP contribution in [0.15, 0.2) is 72.0 Å². The minimum absolute atomic E-state index is 0.0762. The maximum atomic E-state index is 13.3. The van der Waals surface area contributed by atoms with Gasteiger partial charge in [-0.25, -0.2) is 0 Å². The van der Waals surface area contributed by atoms with E-state index in [2.05, 4.69) is 13.8 Å². The highest BCUT2D eigenvalue weighted by molar-refractivity contribution is 6.05. The van der Waals surface area contributed by atoms with E-state index in [0.29, 0.717) is 29.7 Å². The summed E-state index contributed by atoms with van der Waals surface area (Å²) < 4.78 is 6.18. The van der Waals surface area contributed by atoms with E-state index < -0.39 is 6.10 Å². The average molecular weight is 386 g/mol. The highest BCUT2D eigenvalue weighted by Crippen LogP contribution is 2.46. The minimum Gasteiger partial charge on any atom is -0.485 e. The van der Waals surface area contributed by atoms with E-state index in [9.17, 15) is 9.59 Å². The number of hydrogen-bond acceptors (Lipinski definition) is 3. The van der Waals surface area contributed by atoms with Crippen molar-refractivity contribution in [2.75, 3.05) is 0 Å². The van der Waals surface area contributed by atoms with Gasteiger partial charge in [-0.15, -0.1) is 0 Å². The molecule has 29 heavy (non-hydrogen) atoms. The highest BCUT2D eigenvalue weighted by Gasteiger charge is 2.47. The van der Waals surface area contributed by atoms with Crippen molar-refractivity contribution in [2.24, 2.45) is 11.3 Å². The quantitative estimate of drug-likeness (QED) is 0.647. The summed E-state index contributed by atoms with van der Waals surface area (Å²) in [6.07, 6.45) is 4.41. The number of ether oxygens (including phenoxy) is 1. The van der Waals surface area contributed by atoms with Crippen LogP contribution in [0.5, 0.6) is 0 Å². The number of ketones is 2. The summed E-state index contributed by atoms with van der Waals surface area (Å²) >= 11 is 0. The number of allylic oxidation sites excluding steroid dienone is 1. The fraction of sp³-hybridized carbons (Fsp3) is 0.308.